The third kappa shape index (κ3) is 2.79. The van der Waals surface area contributed by atoms with E-state index >= 15 is 0 Å². The first-order valence-electron chi connectivity index (χ1n) is 6.12. The maximum atomic E-state index is 13.5. The summed E-state index contributed by atoms with van der Waals surface area (Å²) in [4.78, 5) is 2.37. The Balaban J connectivity index is 2.24. The Bertz CT molecular complexity index is 378. The molecule has 0 bridgehead atoms. The van der Waals surface area contributed by atoms with Gasteiger partial charge in [-0.25, -0.2) is 4.39 Å². The normalized spacial score (nSPS) is 19.2. The highest BCUT2D eigenvalue weighted by atomic mass is 35.5. The standard InChI is InChI=1S/C13H18ClFN2/c1-2-12(17-8-6-16-7-9-17)10-4-3-5-11(15)13(10)14/h3-5,12,16H,2,6-9H2,1H3/t12-/m0/s1. The van der Waals surface area contributed by atoms with Gasteiger partial charge in [0.2, 0.25) is 0 Å². The van der Waals surface area contributed by atoms with Gasteiger partial charge in [0, 0.05) is 32.2 Å². The van der Waals surface area contributed by atoms with Crippen LogP contribution in [-0.4, -0.2) is 31.1 Å². The van der Waals surface area contributed by atoms with Crippen LogP contribution in [-0.2, 0) is 0 Å². The molecule has 1 aromatic rings. The van der Waals surface area contributed by atoms with Crippen LogP contribution >= 0.6 is 11.6 Å². The second kappa shape index (κ2) is 5.80. The summed E-state index contributed by atoms with van der Waals surface area (Å²) >= 11 is 6.07. The Morgan fingerprint density at radius 2 is 2.12 bits per heavy atom. The van der Waals surface area contributed by atoms with E-state index in [1.807, 2.05) is 6.07 Å². The average Bonchev–Trinajstić information content (AvgIpc) is 2.37. The van der Waals surface area contributed by atoms with Crippen molar-refractivity contribution >= 4 is 11.6 Å². The van der Waals surface area contributed by atoms with Crippen molar-refractivity contribution in [2.24, 2.45) is 0 Å². The summed E-state index contributed by atoms with van der Waals surface area (Å²) < 4.78 is 13.5. The van der Waals surface area contributed by atoms with Gasteiger partial charge in [-0.15, -0.1) is 0 Å². The first-order valence-corrected chi connectivity index (χ1v) is 6.50. The summed E-state index contributed by atoms with van der Waals surface area (Å²) in [5, 5.41) is 3.60. The SMILES string of the molecule is CC[C@@H](c1cccc(F)c1Cl)N1CCNCC1. The molecule has 1 heterocycles. The molecule has 2 nitrogen and oxygen atoms in total. The van der Waals surface area contributed by atoms with Crippen molar-refractivity contribution in [3.05, 3.63) is 34.6 Å². The fourth-order valence-corrected chi connectivity index (χ4v) is 2.70. The van der Waals surface area contributed by atoms with Crippen molar-refractivity contribution in [2.45, 2.75) is 19.4 Å². The van der Waals surface area contributed by atoms with Gasteiger partial charge in [0.1, 0.15) is 5.82 Å². The van der Waals surface area contributed by atoms with E-state index in [4.69, 9.17) is 11.6 Å². The number of nitrogens with zero attached hydrogens (tertiary/aromatic N) is 1. The topological polar surface area (TPSA) is 15.3 Å². The second-order valence-electron chi connectivity index (χ2n) is 4.35. The zero-order valence-electron chi connectivity index (χ0n) is 10.0. The molecule has 4 heteroatoms. The van der Waals surface area contributed by atoms with Crippen molar-refractivity contribution in [3.63, 3.8) is 0 Å². The maximum Gasteiger partial charge on any atom is 0.142 e. The van der Waals surface area contributed by atoms with Gasteiger partial charge in [-0.2, -0.15) is 0 Å². The van der Waals surface area contributed by atoms with E-state index in [-0.39, 0.29) is 16.9 Å². The molecule has 2 rings (SSSR count). The molecule has 0 amide bonds. The van der Waals surface area contributed by atoms with E-state index in [0.717, 1.165) is 38.2 Å². The molecule has 1 N–H and O–H groups in total. The summed E-state index contributed by atoms with van der Waals surface area (Å²) in [6.07, 6.45) is 0.948. The Kier molecular flexibility index (Phi) is 4.37. The van der Waals surface area contributed by atoms with Crippen LogP contribution in [0.15, 0.2) is 18.2 Å². The Hall–Kier alpha value is -0.640. The molecule has 1 saturated heterocycles. The van der Waals surface area contributed by atoms with E-state index in [1.165, 1.54) is 6.07 Å². The molecule has 94 valence electrons. The highest BCUT2D eigenvalue weighted by molar-refractivity contribution is 6.31. The quantitative estimate of drug-likeness (QED) is 0.895. The highest BCUT2D eigenvalue weighted by Gasteiger charge is 2.23. The average molecular weight is 257 g/mol. The minimum absolute atomic E-state index is 0.222. The van der Waals surface area contributed by atoms with E-state index in [9.17, 15) is 4.39 Å². The fraction of sp³-hybridized carbons (Fsp3) is 0.538. The molecular weight excluding hydrogens is 239 g/mol. The molecule has 1 aliphatic heterocycles. The fourth-order valence-electron chi connectivity index (χ4n) is 2.45. The molecule has 0 radical (unpaired) electrons. The molecule has 1 aliphatic rings. The smallest absolute Gasteiger partial charge is 0.142 e. The van der Waals surface area contributed by atoms with Gasteiger partial charge >= 0.3 is 0 Å². The third-order valence-corrected chi connectivity index (χ3v) is 3.72. The van der Waals surface area contributed by atoms with Crippen molar-refractivity contribution in [1.82, 2.24) is 10.2 Å². The monoisotopic (exact) mass is 256 g/mol. The Morgan fingerprint density at radius 3 is 2.76 bits per heavy atom. The van der Waals surface area contributed by atoms with Crippen molar-refractivity contribution in [1.29, 1.82) is 0 Å². The summed E-state index contributed by atoms with van der Waals surface area (Å²) in [5.41, 5.74) is 0.913. The lowest BCUT2D eigenvalue weighted by Crippen LogP contribution is -2.45. The van der Waals surface area contributed by atoms with E-state index in [0.29, 0.717) is 0 Å². The summed E-state index contributed by atoms with van der Waals surface area (Å²) in [5.74, 6) is -0.322. The predicted octanol–water partition coefficient (Wildman–Crippen LogP) is 2.84. The number of nitrogens with one attached hydrogen (secondary N) is 1. The van der Waals surface area contributed by atoms with Gasteiger partial charge in [-0.05, 0) is 18.1 Å². The summed E-state index contributed by atoms with van der Waals surface area (Å²) in [7, 11) is 0. The van der Waals surface area contributed by atoms with Gasteiger partial charge in [-0.3, -0.25) is 4.90 Å². The van der Waals surface area contributed by atoms with Crippen LogP contribution < -0.4 is 5.32 Å². The van der Waals surface area contributed by atoms with Crippen LogP contribution in [0.4, 0.5) is 4.39 Å². The molecule has 1 aromatic carbocycles. The molecule has 0 aromatic heterocycles. The molecule has 1 fully saturated rings. The summed E-state index contributed by atoms with van der Waals surface area (Å²) in [6, 6.07) is 5.31. The van der Waals surface area contributed by atoms with Crippen molar-refractivity contribution < 1.29 is 4.39 Å². The number of hydrogen-bond donors (Lipinski definition) is 1. The van der Waals surface area contributed by atoms with Crippen molar-refractivity contribution in [2.75, 3.05) is 26.2 Å². The van der Waals surface area contributed by atoms with Gasteiger partial charge in [-0.1, -0.05) is 30.7 Å². The van der Waals surface area contributed by atoms with Crippen LogP contribution in [0.3, 0.4) is 0 Å². The van der Waals surface area contributed by atoms with Gasteiger partial charge in [0.15, 0.2) is 0 Å². The number of benzene rings is 1. The number of hydrogen-bond acceptors (Lipinski definition) is 2. The van der Waals surface area contributed by atoms with Crippen LogP contribution in [0.25, 0.3) is 0 Å². The van der Waals surface area contributed by atoms with Gasteiger partial charge in [0.25, 0.3) is 0 Å². The molecular formula is C13H18ClFN2. The van der Waals surface area contributed by atoms with E-state index in [1.54, 1.807) is 6.07 Å². The first-order chi connectivity index (χ1) is 8.24. The molecule has 17 heavy (non-hydrogen) atoms. The zero-order chi connectivity index (χ0) is 12.3. The van der Waals surface area contributed by atoms with Crippen LogP contribution in [0, 0.1) is 5.82 Å². The van der Waals surface area contributed by atoms with Gasteiger partial charge in [0.05, 0.1) is 5.02 Å². The van der Waals surface area contributed by atoms with Gasteiger partial charge < -0.3 is 5.32 Å². The number of rotatable bonds is 3. The number of halogens is 2. The Labute approximate surface area is 107 Å². The highest BCUT2D eigenvalue weighted by Crippen LogP contribution is 2.31. The van der Waals surface area contributed by atoms with E-state index in [2.05, 4.69) is 17.1 Å². The van der Waals surface area contributed by atoms with Crippen LogP contribution in [0.5, 0.6) is 0 Å². The minimum Gasteiger partial charge on any atom is -0.314 e. The lowest BCUT2D eigenvalue weighted by molar-refractivity contribution is 0.169. The van der Waals surface area contributed by atoms with Crippen LogP contribution in [0.1, 0.15) is 24.9 Å². The lowest BCUT2D eigenvalue weighted by atomic mass is 10.0. The second-order valence-corrected chi connectivity index (χ2v) is 4.73. The predicted molar refractivity (Wildman–Crippen MR) is 68.9 cm³/mol. The largest absolute Gasteiger partial charge is 0.314 e. The minimum atomic E-state index is -0.322. The number of piperazine rings is 1. The zero-order valence-corrected chi connectivity index (χ0v) is 10.8. The summed E-state index contributed by atoms with van der Waals surface area (Å²) in [6.45, 7) is 6.08. The first kappa shape index (κ1) is 12.8. The lowest BCUT2D eigenvalue weighted by Gasteiger charge is -2.35. The maximum absolute atomic E-state index is 13.5. The molecule has 1 atom stereocenters. The van der Waals surface area contributed by atoms with Crippen molar-refractivity contribution in [3.8, 4) is 0 Å². The van der Waals surface area contributed by atoms with Crippen LogP contribution in [0.2, 0.25) is 5.02 Å². The van der Waals surface area contributed by atoms with E-state index < -0.39 is 0 Å². The molecule has 0 saturated carbocycles. The molecule has 0 aliphatic carbocycles. The molecule has 0 spiro atoms. The Morgan fingerprint density at radius 1 is 1.41 bits per heavy atom. The third-order valence-electron chi connectivity index (χ3n) is 3.32. The molecule has 0 unspecified atom stereocenters.